The highest BCUT2D eigenvalue weighted by atomic mass is 19.4. The summed E-state index contributed by atoms with van der Waals surface area (Å²) in [6.45, 7) is 0.0228. The number of hydrogen-bond acceptors (Lipinski definition) is 8. The van der Waals surface area contributed by atoms with Crippen LogP contribution in [0.25, 0.3) is 10.9 Å². The second-order valence-corrected chi connectivity index (χ2v) is 9.85. The standard InChI is InChI=1S/C27H24F3N9O3/c1-5-17-8-6-9-18(12-17)34-24-19-13-22(31-14-20(19)32-16-33-24)35-23(40)10-7-11-39(3,4)15-21-25(38(41)42)36-26(37(21)2)27(28,29)30/h1,6-10,12-14,16H,11,15H2,2-4H3,(H-,31,32,33,34,35,40)/p+1/b10-7+. The Bertz CT molecular complexity index is 1740. The molecule has 216 valence electrons. The number of alkyl halides is 3. The van der Waals surface area contributed by atoms with Crippen LogP contribution in [0.15, 0.2) is 55.0 Å². The van der Waals surface area contributed by atoms with Gasteiger partial charge in [-0.2, -0.15) is 13.2 Å². The van der Waals surface area contributed by atoms with Crippen LogP contribution >= 0.6 is 0 Å². The van der Waals surface area contributed by atoms with Gasteiger partial charge in [0.1, 0.15) is 24.5 Å². The summed E-state index contributed by atoms with van der Waals surface area (Å²) in [5.74, 6) is 0.537. The first-order valence-electron chi connectivity index (χ1n) is 12.3. The van der Waals surface area contributed by atoms with E-state index in [4.69, 9.17) is 6.42 Å². The number of nitrogens with one attached hydrogen (secondary N) is 2. The zero-order valence-electron chi connectivity index (χ0n) is 22.7. The number of benzene rings is 1. The molecule has 42 heavy (non-hydrogen) atoms. The summed E-state index contributed by atoms with van der Waals surface area (Å²) in [5.41, 5.74) is 1.74. The lowest BCUT2D eigenvalue weighted by atomic mass is 10.2. The largest absolute Gasteiger partial charge is 0.475 e. The molecule has 2 N–H and O–H groups in total. The fraction of sp³-hybridized carbons (Fsp3) is 0.222. The molecule has 0 fully saturated rings. The molecule has 1 aromatic carbocycles. The lowest BCUT2D eigenvalue weighted by Gasteiger charge is -2.28. The van der Waals surface area contributed by atoms with Gasteiger partial charge in [-0.25, -0.2) is 15.0 Å². The minimum absolute atomic E-state index is 0.00290. The average Bonchev–Trinajstić information content (AvgIpc) is 3.25. The number of likely N-dealkylation sites (N-methyl/N-ethyl adjacent to an activating group) is 1. The molecule has 3 heterocycles. The van der Waals surface area contributed by atoms with Crippen molar-refractivity contribution < 1.29 is 27.4 Å². The SMILES string of the molecule is C#Cc1cccc(Nc2ncnc3cnc(NC(=O)/C=C/C[N+](C)(C)Cc4c([N+](=O)[O-])nc(C(F)(F)F)n4C)cc23)c1. The Morgan fingerprint density at radius 1 is 1.24 bits per heavy atom. The molecule has 3 aromatic heterocycles. The van der Waals surface area contributed by atoms with Crippen LogP contribution in [-0.2, 0) is 24.6 Å². The number of halogens is 3. The first-order valence-corrected chi connectivity index (χ1v) is 12.3. The van der Waals surface area contributed by atoms with Crippen LogP contribution in [0.3, 0.4) is 0 Å². The normalized spacial score (nSPS) is 11.9. The quantitative estimate of drug-likeness (QED) is 0.0988. The molecule has 0 saturated carbocycles. The Morgan fingerprint density at radius 2 is 2.00 bits per heavy atom. The van der Waals surface area contributed by atoms with Gasteiger partial charge in [0.25, 0.3) is 0 Å². The molecule has 12 nitrogen and oxygen atoms in total. The fourth-order valence-corrected chi connectivity index (χ4v) is 4.13. The van der Waals surface area contributed by atoms with Crippen LogP contribution in [0.4, 0.5) is 36.3 Å². The van der Waals surface area contributed by atoms with Gasteiger partial charge in [-0.05, 0) is 40.2 Å². The van der Waals surface area contributed by atoms with E-state index >= 15 is 0 Å². The Labute approximate surface area is 237 Å². The highest BCUT2D eigenvalue weighted by molar-refractivity contribution is 6.00. The van der Waals surface area contributed by atoms with Crippen LogP contribution in [0, 0.1) is 22.5 Å². The zero-order chi connectivity index (χ0) is 30.7. The first kappa shape index (κ1) is 29.6. The fourth-order valence-electron chi connectivity index (χ4n) is 4.13. The molecular formula is C27H25F3N9O3+. The van der Waals surface area contributed by atoms with E-state index in [-0.39, 0.29) is 29.1 Å². The van der Waals surface area contributed by atoms with Crippen molar-refractivity contribution in [3.05, 3.63) is 82.2 Å². The third-order valence-electron chi connectivity index (χ3n) is 6.13. The highest BCUT2D eigenvalue weighted by Gasteiger charge is 2.45. The van der Waals surface area contributed by atoms with Gasteiger partial charge < -0.3 is 25.2 Å². The number of aromatic nitrogens is 5. The Hall–Kier alpha value is -5.36. The summed E-state index contributed by atoms with van der Waals surface area (Å²) in [5, 5.41) is 17.8. The maximum atomic E-state index is 13.3. The van der Waals surface area contributed by atoms with Crippen LogP contribution in [-0.4, -0.2) is 60.5 Å². The van der Waals surface area contributed by atoms with Gasteiger partial charge >= 0.3 is 17.8 Å². The molecule has 0 spiro atoms. The molecular weight excluding hydrogens is 555 g/mol. The number of fused-ring (bicyclic) bond motifs is 1. The van der Waals surface area contributed by atoms with E-state index in [0.717, 1.165) is 7.05 Å². The molecule has 0 aliphatic heterocycles. The number of imidazole rings is 1. The molecule has 15 heteroatoms. The van der Waals surface area contributed by atoms with Crippen molar-refractivity contribution in [2.75, 3.05) is 31.3 Å². The molecule has 1 amide bonds. The second-order valence-electron chi connectivity index (χ2n) is 9.85. The number of carbonyl (C=O) groups excluding carboxylic acids is 1. The number of nitrogens with zero attached hydrogens (tertiary/aromatic N) is 7. The lowest BCUT2D eigenvalue weighted by molar-refractivity contribution is -0.898. The number of rotatable bonds is 9. The van der Waals surface area contributed by atoms with Crippen molar-refractivity contribution in [2.45, 2.75) is 12.7 Å². The minimum Gasteiger partial charge on any atom is -0.358 e. The average molecular weight is 581 g/mol. The van der Waals surface area contributed by atoms with Crippen molar-refractivity contribution >= 4 is 40.0 Å². The monoisotopic (exact) mass is 580 g/mol. The lowest BCUT2D eigenvalue weighted by Crippen LogP contribution is -2.39. The smallest absolute Gasteiger partial charge is 0.358 e. The second kappa shape index (κ2) is 11.6. The summed E-state index contributed by atoms with van der Waals surface area (Å²) >= 11 is 0. The Balaban J connectivity index is 1.46. The number of anilines is 3. The molecule has 4 aromatic rings. The number of hydrogen-bond donors (Lipinski definition) is 2. The first-order chi connectivity index (χ1) is 19.8. The molecule has 0 aliphatic rings. The van der Waals surface area contributed by atoms with Crippen molar-refractivity contribution in [1.82, 2.24) is 24.5 Å². The maximum absolute atomic E-state index is 13.3. The summed E-state index contributed by atoms with van der Waals surface area (Å²) in [6, 6.07) is 8.81. The van der Waals surface area contributed by atoms with Gasteiger partial charge in [-0.1, -0.05) is 12.0 Å². The topological polar surface area (TPSA) is 141 Å². The van der Waals surface area contributed by atoms with Crippen molar-refractivity contribution in [3.8, 4) is 12.3 Å². The number of amides is 1. The molecule has 0 atom stereocenters. The molecule has 4 rings (SSSR count). The van der Waals surface area contributed by atoms with Gasteiger partial charge in [0, 0.05) is 29.8 Å². The van der Waals surface area contributed by atoms with E-state index in [1.165, 1.54) is 24.7 Å². The highest BCUT2D eigenvalue weighted by Crippen LogP contribution is 2.33. The van der Waals surface area contributed by atoms with E-state index in [0.29, 0.717) is 32.5 Å². The molecule has 0 aliphatic carbocycles. The third-order valence-corrected chi connectivity index (χ3v) is 6.13. The van der Waals surface area contributed by atoms with Crippen molar-refractivity contribution in [3.63, 3.8) is 0 Å². The van der Waals surface area contributed by atoms with Gasteiger partial charge in [0.2, 0.25) is 5.91 Å². The zero-order valence-corrected chi connectivity index (χ0v) is 22.7. The Morgan fingerprint density at radius 3 is 2.69 bits per heavy atom. The number of nitro groups is 1. The van der Waals surface area contributed by atoms with E-state index in [1.54, 1.807) is 38.4 Å². The number of carbonyl (C=O) groups is 1. The van der Waals surface area contributed by atoms with E-state index in [2.05, 4.69) is 36.5 Å². The van der Waals surface area contributed by atoms with E-state index < -0.39 is 28.6 Å². The molecule has 0 unspecified atom stereocenters. The van der Waals surface area contributed by atoms with Crippen LogP contribution in [0.2, 0.25) is 0 Å². The van der Waals surface area contributed by atoms with Gasteiger partial charge in [0.15, 0.2) is 5.69 Å². The number of pyridine rings is 1. The van der Waals surface area contributed by atoms with Crippen molar-refractivity contribution in [1.29, 1.82) is 0 Å². The van der Waals surface area contributed by atoms with Crippen molar-refractivity contribution in [2.24, 2.45) is 7.05 Å². The predicted molar refractivity (Wildman–Crippen MR) is 148 cm³/mol. The summed E-state index contributed by atoms with van der Waals surface area (Å²) in [4.78, 5) is 38.9. The summed E-state index contributed by atoms with van der Waals surface area (Å²) in [7, 11) is 4.40. The number of quaternary nitrogens is 1. The number of terminal acetylenes is 1. The molecule has 0 saturated heterocycles. The minimum atomic E-state index is -4.85. The molecule has 0 radical (unpaired) electrons. The summed E-state index contributed by atoms with van der Waals surface area (Å²) < 4.78 is 40.4. The maximum Gasteiger partial charge on any atom is 0.475 e. The van der Waals surface area contributed by atoms with Gasteiger partial charge in [-0.3, -0.25) is 9.36 Å². The summed E-state index contributed by atoms with van der Waals surface area (Å²) in [6.07, 6.45) is 6.25. The predicted octanol–water partition coefficient (Wildman–Crippen LogP) is 4.18. The van der Waals surface area contributed by atoms with E-state index in [1.807, 2.05) is 6.07 Å². The van der Waals surface area contributed by atoms with Crippen LogP contribution in [0.1, 0.15) is 17.1 Å². The van der Waals surface area contributed by atoms with E-state index in [9.17, 15) is 28.1 Å². The molecule has 0 bridgehead atoms. The van der Waals surface area contributed by atoms with Gasteiger partial charge in [0.05, 0.1) is 32.4 Å². The third kappa shape index (κ3) is 6.85. The Kier molecular flexibility index (Phi) is 8.20. The van der Waals surface area contributed by atoms with Crippen LogP contribution < -0.4 is 10.6 Å². The van der Waals surface area contributed by atoms with Crippen LogP contribution in [0.5, 0.6) is 0 Å². The van der Waals surface area contributed by atoms with Gasteiger partial charge in [-0.15, -0.1) is 6.42 Å².